The molecule has 6 aromatic carbocycles. The van der Waals surface area contributed by atoms with E-state index in [1.807, 2.05) is 17.5 Å². The Morgan fingerprint density at radius 2 is 1.12 bits per heavy atom. The van der Waals surface area contributed by atoms with E-state index in [0.29, 0.717) is 0 Å². The first-order valence-electron chi connectivity index (χ1n) is 18.2. The molecule has 0 saturated carbocycles. The van der Waals surface area contributed by atoms with E-state index in [0.717, 1.165) is 11.3 Å². The van der Waals surface area contributed by atoms with Crippen LogP contribution in [0.15, 0.2) is 156 Å². The summed E-state index contributed by atoms with van der Waals surface area (Å²) >= 11 is 1.86. The van der Waals surface area contributed by atoms with E-state index in [1.165, 1.54) is 81.4 Å². The standard InChI is InChI=1S/C48H39BN2S/c1-30-24-37(34-14-7-5-8-15-34)25-31(2)45(30)49(46-32(3)26-38(27-33(46)4)35-16-9-6-10-17-35)39-19-13-18-36(28-39)47-48-44(40-20-11-12-21-43(40)52-48)41-29-50-23-22-42(41)51-47/h5-29,41-42H,1-4H3. The summed E-state index contributed by atoms with van der Waals surface area (Å²) in [5, 5.41) is 1.31. The molecule has 2 aliphatic heterocycles. The van der Waals surface area contributed by atoms with Crippen molar-refractivity contribution in [3.63, 3.8) is 0 Å². The monoisotopic (exact) mass is 686 g/mol. The van der Waals surface area contributed by atoms with Crippen LogP contribution in [0.5, 0.6) is 0 Å². The van der Waals surface area contributed by atoms with Crippen molar-refractivity contribution in [3.05, 3.63) is 184 Å². The molecule has 0 fully saturated rings. The molecule has 4 heteroatoms. The number of benzene rings is 6. The second kappa shape index (κ2) is 13.2. The van der Waals surface area contributed by atoms with Crippen LogP contribution in [-0.4, -0.2) is 24.7 Å². The van der Waals surface area contributed by atoms with E-state index >= 15 is 0 Å². The molecule has 0 bridgehead atoms. The molecule has 9 rings (SSSR count). The van der Waals surface area contributed by atoms with Gasteiger partial charge in [0.25, 0.3) is 0 Å². The summed E-state index contributed by atoms with van der Waals surface area (Å²) in [5.41, 5.74) is 17.8. The van der Waals surface area contributed by atoms with Crippen molar-refractivity contribution in [1.82, 2.24) is 0 Å². The number of nitrogens with zero attached hydrogens (tertiary/aromatic N) is 2. The maximum Gasteiger partial charge on any atom is 0.242 e. The molecule has 250 valence electrons. The average Bonchev–Trinajstić information content (AvgIpc) is 3.57. The molecule has 3 heterocycles. The number of thiophene rings is 1. The summed E-state index contributed by atoms with van der Waals surface area (Å²) in [4.78, 5) is 11.3. The van der Waals surface area contributed by atoms with Gasteiger partial charge in [0.2, 0.25) is 6.71 Å². The number of aliphatic imine (C=N–C) groups is 2. The van der Waals surface area contributed by atoms with Gasteiger partial charge in [0.05, 0.1) is 16.6 Å². The second-order valence-electron chi connectivity index (χ2n) is 14.3. The first-order valence-corrected chi connectivity index (χ1v) is 19.0. The summed E-state index contributed by atoms with van der Waals surface area (Å²) in [6.07, 6.45) is 6.16. The Hall–Kier alpha value is -5.58. The SMILES string of the molecule is Cc1cc(-c2ccccc2)cc(C)c1B(c1cccc(C2=NC3C=CN=CC3c3c2sc2ccccc32)c1)c1c(C)cc(-c2ccccc2)cc1C. The minimum atomic E-state index is 0.0301. The molecule has 1 aromatic heterocycles. The van der Waals surface area contributed by atoms with Gasteiger partial charge in [0, 0.05) is 28.6 Å². The van der Waals surface area contributed by atoms with Crippen molar-refractivity contribution < 1.29 is 0 Å². The highest BCUT2D eigenvalue weighted by molar-refractivity contribution is 7.21. The molecular formula is C48H39BN2S. The highest BCUT2D eigenvalue weighted by Gasteiger charge is 2.35. The number of fused-ring (bicyclic) bond motifs is 5. The molecule has 0 radical (unpaired) electrons. The molecule has 0 saturated heterocycles. The van der Waals surface area contributed by atoms with Gasteiger partial charge in [0.1, 0.15) is 0 Å². The summed E-state index contributed by atoms with van der Waals surface area (Å²) in [7, 11) is 0. The van der Waals surface area contributed by atoms with Crippen LogP contribution >= 0.6 is 11.3 Å². The highest BCUT2D eigenvalue weighted by atomic mass is 32.1. The molecule has 7 aromatic rings. The van der Waals surface area contributed by atoms with E-state index in [2.05, 4.69) is 178 Å². The highest BCUT2D eigenvalue weighted by Crippen LogP contribution is 2.43. The predicted octanol–water partition coefficient (Wildman–Crippen LogP) is 9.89. The third kappa shape index (κ3) is 5.59. The van der Waals surface area contributed by atoms with Gasteiger partial charge >= 0.3 is 0 Å². The molecule has 2 atom stereocenters. The number of rotatable bonds is 6. The Kier molecular flexibility index (Phi) is 8.21. The van der Waals surface area contributed by atoms with Crippen LogP contribution in [0.4, 0.5) is 0 Å². The van der Waals surface area contributed by atoms with Crippen LogP contribution in [-0.2, 0) is 0 Å². The zero-order valence-corrected chi connectivity index (χ0v) is 30.8. The average molecular weight is 687 g/mol. The number of aryl methyl sites for hydroxylation is 4. The predicted molar refractivity (Wildman–Crippen MR) is 225 cm³/mol. The van der Waals surface area contributed by atoms with Crippen LogP contribution in [0.3, 0.4) is 0 Å². The normalized spacial score (nSPS) is 16.0. The molecule has 0 spiro atoms. The Morgan fingerprint density at radius 3 is 1.73 bits per heavy atom. The first-order chi connectivity index (χ1) is 25.4. The minimum Gasteiger partial charge on any atom is -0.275 e. The van der Waals surface area contributed by atoms with Crippen LogP contribution in [0.2, 0.25) is 0 Å². The Morgan fingerprint density at radius 1 is 0.558 bits per heavy atom. The Balaban J connectivity index is 1.24. The molecular weight excluding hydrogens is 647 g/mol. The van der Waals surface area contributed by atoms with Gasteiger partial charge in [-0.25, -0.2) is 0 Å². The summed E-state index contributed by atoms with van der Waals surface area (Å²) < 4.78 is 1.30. The fourth-order valence-corrected chi connectivity index (χ4v) is 9.92. The van der Waals surface area contributed by atoms with E-state index in [-0.39, 0.29) is 18.7 Å². The topological polar surface area (TPSA) is 24.7 Å². The molecule has 2 nitrogen and oxygen atoms in total. The maximum absolute atomic E-state index is 5.47. The molecule has 2 unspecified atom stereocenters. The van der Waals surface area contributed by atoms with Crippen molar-refractivity contribution >= 4 is 56.5 Å². The van der Waals surface area contributed by atoms with Gasteiger partial charge in [-0.05, 0) is 73.0 Å². The zero-order valence-electron chi connectivity index (χ0n) is 30.0. The Bertz CT molecular complexity index is 2440. The van der Waals surface area contributed by atoms with E-state index in [9.17, 15) is 0 Å². The molecule has 0 aliphatic carbocycles. The van der Waals surface area contributed by atoms with Gasteiger partial charge in [-0.2, -0.15) is 0 Å². The molecule has 52 heavy (non-hydrogen) atoms. The van der Waals surface area contributed by atoms with Crippen LogP contribution in [0.25, 0.3) is 32.3 Å². The smallest absolute Gasteiger partial charge is 0.242 e. The largest absolute Gasteiger partial charge is 0.275 e. The number of hydrogen-bond acceptors (Lipinski definition) is 3. The summed E-state index contributed by atoms with van der Waals surface area (Å²) in [6, 6.07) is 49.1. The van der Waals surface area contributed by atoms with Crippen molar-refractivity contribution in [2.45, 2.75) is 39.7 Å². The lowest BCUT2D eigenvalue weighted by molar-refractivity contribution is 0.748. The van der Waals surface area contributed by atoms with Gasteiger partial charge in [0.15, 0.2) is 0 Å². The van der Waals surface area contributed by atoms with Gasteiger partial charge in [-0.3, -0.25) is 9.98 Å². The minimum absolute atomic E-state index is 0.0301. The molecule has 0 N–H and O–H groups in total. The van der Waals surface area contributed by atoms with Gasteiger partial charge < -0.3 is 0 Å². The van der Waals surface area contributed by atoms with E-state index in [1.54, 1.807) is 0 Å². The third-order valence-corrected chi connectivity index (χ3v) is 12.1. The van der Waals surface area contributed by atoms with E-state index < -0.39 is 0 Å². The van der Waals surface area contributed by atoms with Crippen molar-refractivity contribution in [2.24, 2.45) is 9.98 Å². The third-order valence-electron chi connectivity index (χ3n) is 10.9. The lowest BCUT2D eigenvalue weighted by atomic mass is 9.34. The van der Waals surface area contributed by atoms with E-state index in [4.69, 9.17) is 4.99 Å². The summed E-state index contributed by atoms with van der Waals surface area (Å²) in [5.74, 6) is 0.151. The van der Waals surface area contributed by atoms with Gasteiger partial charge in [-0.15, -0.1) is 11.3 Å². The Labute approximate surface area is 311 Å². The molecule has 0 amide bonds. The van der Waals surface area contributed by atoms with Crippen molar-refractivity contribution in [1.29, 1.82) is 0 Å². The second-order valence-corrected chi connectivity index (χ2v) is 15.4. The fourth-order valence-electron chi connectivity index (χ4n) is 8.64. The zero-order chi connectivity index (χ0) is 35.3. The van der Waals surface area contributed by atoms with Crippen molar-refractivity contribution in [2.75, 3.05) is 0 Å². The van der Waals surface area contributed by atoms with Crippen LogP contribution < -0.4 is 16.4 Å². The quantitative estimate of drug-likeness (QED) is 0.156. The van der Waals surface area contributed by atoms with Crippen LogP contribution in [0, 0.1) is 27.7 Å². The summed E-state index contributed by atoms with van der Waals surface area (Å²) in [6.45, 7) is 9.21. The van der Waals surface area contributed by atoms with Crippen LogP contribution in [0.1, 0.15) is 44.2 Å². The van der Waals surface area contributed by atoms with Crippen molar-refractivity contribution in [3.8, 4) is 22.3 Å². The number of hydrogen-bond donors (Lipinski definition) is 0. The molecule has 2 aliphatic rings. The first kappa shape index (κ1) is 32.3. The fraction of sp³-hybridized carbons (Fsp3) is 0.125. The lowest BCUT2D eigenvalue weighted by Gasteiger charge is -2.28. The van der Waals surface area contributed by atoms with Gasteiger partial charge in [-0.1, -0.05) is 166 Å². The maximum atomic E-state index is 5.47. The lowest BCUT2D eigenvalue weighted by Crippen LogP contribution is -2.56.